The number of hydrogen-bond donors (Lipinski definition) is 1. The van der Waals surface area contributed by atoms with Crippen LogP contribution in [0.2, 0.25) is 0 Å². The first-order chi connectivity index (χ1) is 1.91. The van der Waals surface area contributed by atoms with Gasteiger partial charge in [-0.15, -0.1) is 6.58 Å². The molecule has 0 fully saturated rings. The van der Waals surface area contributed by atoms with Crippen LogP contribution in [0.4, 0.5) is 0 Å². The SMILES string of the molecule is C=CCO.[SrH2]. The Bertz CT molecular complexity index is 20.9. The average molecular weight is 148 g/mol. The van der Waals surface area contributed by atoms with Gasteiger partial charge in [0.05, 0.1) is 6.61 Å². The van der Waals surface area contributed by atoms with Gasteiger partial charge >= 0.3 is 45.5 Å². The van der Waals surface area contributed by atoms with E-state index in [-0.39, 0.29) is 52.1 Å². The van der Waals surface area contributed by atoms with Gasteiger partial charge in [0.1, 0.15) is 0 Å². The molecule has 0 aliphatic rings. The molecule has 0 aromatic carbocycles. The van der Waals surface area contributed by atoms with Gasteiger partial charge in [-0.2, -0.15) is 0 Å². The molecule has 0 aromatic heterocycles. The number of rotatable bonds is 1. The zero-order valence-electron chi connectivity index (χ0n) is 2.44. The Morgan fingerprint density at radius 3 is 2.00 bits per heavy atom. The molecule has 0 bridgehead atoms. The Balaban J connectivity index is 0. The van der Waals surface area contributed by atoms with Crippen LogP contribution in [0.15, 0.2) is 12.7 Å². The third-order valence-corrected chi connectivity index (χ3v) is 0.129. The molecule has 0 heterocycles. The molecule has 0 aromatic rings. The zero-order chi connectivity index (χ0) is 3.41. The van der Waals surface area contributed by atoms with Crippen molar-refractivity contribution >= 4 is 45.5 Å². The summed E-state index contributed by atoms with van der Waals surface area (Å²) in [5.41, 5.74) is 0. The molecule has 0 aliphatic heterocycles. The summed E-state index contributed by atoms with van der Waals surface area (Å²) in [6, 6.07) is 0. The van der Waals surface area contributed by atoms with Gasteiger partial charge < -0.3 is 5.11 Å². The molecule has 0 amide bonds. The molecule has 0 saturated heterocycles. The zero-order valence-corrected chi connectivity index (χ0v) is 2.44. The topological polar surface area (TPSA) is 20.2 Å². The van der Waals surface area contributed by atoms with Crippen molar-refractivity contribution in [3.05, 3.63) is 12.7 Å². The van der Waals surface area contributed by atoms with E-state index in [0.717, 1.165) is 0 Å². The van der Waals surface area contributed by atoms with E-state index in [0.29, 0.717) is 0 Å². The van der Waals surface area contributed by atoms with Gasteiger partial charge in [-0.25, -0.2) is 0 Å². The Morgan fingerprint density at radius 2 is 2.00 bits per heavy atom. The molecule has 1 nitrogen and oxygen atoms in total. The molecule has 0 saturated carbocycles. The monoisotopic (exact) mass is 148 g/mol. The third kappa shape index (κ3) is 11.0. The van der Waals surface area contributed by atoms with E-state index in [2.05, 4.69) is 6.58 Å². The normalized spacial score (nSPS) is 5.00. The van der Waals surface area contributed by atoms with Gasteiger partial charge in [-0.05, 0) is 0 Å². The minimum absolute atomic E-state index is 0. The average Bonchev–Trinajstić information content (AvgIpc) is 1.37. The van der Waals surface area contributed by atoms with Crippen molar-refractivity contribution < 1.29 is 5.11 Å². The quantitative estimate of drug-likeness (QED) is 0.382. The summed E-state index contributed by atoms with van der Waals surface area (Å²) in [4.78, 5) is 0. The van der Waals surface area contributed by atoms with Crippen molar-refractivity contribution in [2.45, 2.75) is 0 Å². The van der Waals surface area contributed by atoms with Gasteiger partial charge in [0.15, 0.2) is 0 Å². The molecule has 0 atom stereocenters. The second-order valence-corrected chi connectivity index (χ2v) is 0.471. The van der Waals surface area contributed by atoms with Gasteiger partial charge in [-0.1, -0.05) is 6.08 Å². The van der Waals surface area contributed by atoms with Crippen molar-refractivity contribution in [3.63, 3.8) is 0 Å². The summed E-state index contributed by atoms with van der Waals surface area (Å²) in [5, 5.41) is 7.76. The van der Waals surface area contributed by atoms with Crippen molar-refractivity contribution in [3.8, 4) is 0 Å². The molecule has 28 valence electrons. The van der Waals surface area contributed by atoms with E-state index >= 15 is 0 Å². The van der Waals surface area contributed by atoms with Crippen LogP contribution in [0.3, 0.4) is 0 Å². The molecule has 0 rings (SSSR count). The molecular formula is C3H8OSr. The van der Waals surface area contributed by atoms with Crippen LogP contribution in [0, 0.1) is 0 Å². The summed E-state index contributed by atoms with van der Waals surface area (Å²) >= 11 is 0. The van der Waals surface area contributed by atoms with Gasteiger partial charge in [-0.3, -0.25) is 0 Å². The van der Waals surface area contributed by atoms with Crippen molar-refractivity contribution in [1.29, 1.82) is 0 Å². The van der Waals surface area contributed by atoms with Gasteiger partial charge in [0.25, 0.3) is 0 Å². The third-order valence-electron chi connectivity index (χ3n) is 0.129. The van der Waals surface area contributed by atoms with E-state index in [9.17, 15) is 0 Å². The molecule has 1 N–H and O–H groups in total. The van der Waals surface area contributed by atoms with Crippen LogP contribution in [-0.4, -0.2) is 57.2 Å². The van der Waals surface area contributed by atoms with E-state index < -0.39 is 0 Å². The van der Waals surface area contributed by atoms with Crippen LogP contribution in [0.25, 0.3) is 0 Å². The summed E-state index contributed by atoms with van der Waals surface area (Å²) in [7, 11) is 0. The van der Waals surface area contributed by atoms with Crippen molar-refractivity contribution in [2.24, 2.45) is 0 Å². The summed E-state index contributed by atoms with van der Waals surface area (Å²) in [6.07, 6.45) is 1.43. The molecule has 0 aliphatic carbocycles. The van der Waals surface area contributed by atoms with Crippen molar-refractivity contribution in [2.75, 3.05) is 6.61 Å². The van der Waals surface area contributed by atoms with Crippen molar-refractivity contribution in [1.82, 2.24) is 0 Å². The maximum absolute atomic E-state index is 7.76. The molecule has 5 heavy (non-hydrogen) atoms. The first kappa shape index (κ1) is 9.49. The number of aliphatic hydroxyl groups excluding tert-OH is 1. The first-order valence-electron chi connectivity index (χ1n) is 1.13. The predicted molar refractivity (Wildman–Crippen MR) is 25.8 cm³/mol. The summed E-state index contributed by atoms with van der Waals surface area (Å²) < 4.78 is 0. The number of aliphatic hydroxyl groups is 1. The van der Waals surface area contributed by atoms with Gasteiger partial charge in [0, 0.05) is 0 Å². The fourth-order valence-corrected chi connectivity index (χ4v) is 0. The molecular weight excluding hydrogens is 140 g/mol. The molecule has 0 spiro atoms. The second-order valence-electron chi connectivity index (χ2n) is 0.471. The summed E-state index contributed by atoms with van der Waals surface area (Å²) in [6.45, 7) is 3.31. The molecule has 0 unspecified atom stereocenters. The van der Waals surface area contributed by atoms with Crippen LogP contribution < -0.4 is 0 Å². The fourth-order valence-electron chi connectivity index (χ4n) is 0. The standard InChI is InChI=1S/C3H6O.Sr.2H/c1-2-3-4;;;/h2,4H,1,3H2;;;. The van der Waals surface area contributed by atoms with Gasteiger partial charge in [0.2, 0.25) is 0 Å². The molecule has 0 radical (unpaired) electrons. The van der Waals surface area contributed by atoms with Crippen LogP contribution in [0.1, 0.15) is 0 Å². The van der Waals surface area contributed by atoms with E-state index in [1.165, 1.54) is 6.08 Å². The second kappa shape index (κ2) is 8.95. The Kier molecular flexibility index (Phi) is 17.0. The predicted octanol–water partition coefficient (Wildman–Crippen LogP) is -0.752. The Morgan fingerprint density at radius 1 is 1.80 bits per heavy atom. The van der Waals surface area contributed by atoms with Crippen LogP contribution >= 0.6 is 0 Å². The number of hydrogen-bond acceptors (Lipinski definition) is 1. The van der Waals surface area contributed by atoms with E-state index in [1.54, 1.807) is 0 Å². The first-order valence-corrected chi connectivity index (χ1v) is 1.13. The Hall–Kier alpha value is 1.18. The molecule has 2 heteroatoms. The van der Waals surface area contributed by atoms with E-state index in [4.69, 9.17) is 5.11 Å². The van der Waals surface area contributed by atoms with Crippen LogP contribution in [0.5, 0.6) is 0 Å². The maximum atomic E-state index is 7.76. The van der Waals surface area contributed by atoms with Crippen LogP contribution in [-0.2, 0) is 0 Å². The van der Waals surface area contributed by atoms with E-state index in [1.807, 2.05) is 0 Å². The minimum atomic E-state index is 0. The Labute approximate surface area is 69.0 Å². The summed E-state index contributed by atoms with van der Waals surface area (Å²) in [5.74, 6) is 0. The fraction of sp³-hybridized carbons (Fsp3) is 0.333.